The zero-order valence-electron chi connectivity index (χ0n) is 12.6. The molecule has 114 valence electrons. The van der Waals surface area contributed by atoms with E-state index in [9.17, 15) is 9.59 Å². The molecule has 1 aliphatic carbocycles. The van der Waals surface area contributed by atoms with E-state index in [1.807, 2.05) is 6.07 Å². The first-order valence-electron chi connectivity index (χ1n) is 7.32. The molecule has 0 aromatic carbocycles. The number of methoxy groups -OCH3 is 1. The van der Waals surface area contributed by atoms with Gasteiger partial charge in [-0.3, -0.25) is 9.59 Å². The van der Waals surface area contributed by atoms with Crippen molar-refractivity contribution in [2.45, 2.75) is 39.0 Å². The Morgan fingerprint density at radius 1 is 1.43 bits per heavy atom. The third-order valence-electron chi connectivity index (χ3n) is 3.99. The number of esters is 1. The number of hydrogen-bond acceptors (Lipinski definition) is 5. The van der Waals surface area contributed by atoms with Gasteiger partial charge < -0.3 is 9.47 Å². The Morgan fingerprint density at radius 3 is 2.90 bits per heavy atom. The number of aromatic nitrogens is 1. The van der Waals surface area contributed by atoms with Crippen molar-refractivity contribution in [1.29, 1.82) is 0 Å². The average Bonchev–Trinajstić information content (AvgIpc) is 2.50. The lowest BCUT2D eigenvalue weighted by Crippen LogP contribution is -2.44. The number of rotatable bonds is 5. The van der Waals surface area contributed by atoms with Crippen LogP contribution >= 0.6 is 0 Å². The molecule has 2 rings (SSSR count). The van der Waals surface area contributed by atoms with Crippen LogP contribution in [0.1, 0.15) is 38.2 Å². The third-order valence-corrected chi connectivity index (χ3v) is 3.99. The van der Waals surface area contributed by atoms with E-state index < -0.39 is 11.4 Å². The highest BCUT2D eigenvalue weighted by atomic mass is 16.5. The van der Waals surface area contributed by atoms with Crippen LogP contribution < -0.4 is 4.74 Å². The third kappa shape index (κ3) is 3.06. The largest absolute Gasteiger partial charge is 0.481 e. The Hall–Kier alpha value is -1.91. The van der Waals surface area contributed by atoms with Crippen LogP contribution in [0.3, 0.4) is 0 Å². The summed E-state index contributed by atoms with van der Waals surface area (Å²) in [6, 6.07) is 3.62. The van der Waals surface area contributed by atoms with Gasteiger partial charge in [-0.15, -0.1) is 0 Å². The fraction of sp³-hybridized carbons (Fsp3) is 0.562. The lowest BCUT2D eigenvalue weighted by Gasteiger charge is -2.33. The zero-order valence-corrected chi connectivity index (χ0v) is 12.6. The van der Waals surface area contributed by atoms with Crippen molar-refractivity contribution < 1.29 is 19.1 Å². The molecule has 0 spiro atoms. The second-order valence-electron chi connectivity index (χ2n) is 5.28. The summed E-state index contributed by atoms with van der Waals surface area (Å²) in [6.45, 7) is 2.03. The van der Waals surface area contributed by atoms with E-state index in [0.717, 1.165) is 18.4 Å². The van der Waals surface area contributed by atoms with E-state index in [-0.39, 0.29) is 12.4 Å². The minimum atomic E-state index is -1.08. The number of pyridine rings is 1. The zero-order chi connectivity index (χ0) is 15.3. The Labute approximate surface area is 124 Å². The van der Waals surface area contributed by atoms with Crippen molar-refractivity contribution in [1.82, 2.24) is 4.98 Å². The summed E-state index contributed by atoms with van der Waals surface area (Å²) in [5.41, 5.74) is -0.312. The van der Waals surface area contributed by atoms with Gasteiger partial charge in [-0.1, -0.05) is 12.5 Å². The van der Waals surface area contributed by atoms with Crippen molar-refractivity contribution in [2.75, 3.05) is 13.7 Å². The molecule has 1 aromatic rings. The summed E-state index contributed by atoms with van der Waals surface area (Å²) in [5, 5.41) is 0. The van der Waals surface area contributed by atoms with E-state index in [2.05, 4.69) is 4.98 Å². The topological polar surface area (TPSA) is 65.5 Å². The maximum atomic E-state index is 12.5. The molecule has 5 nitrogen and oxygen atoms in total. The maximum absolute atomic E-state index is 12.5. The Bertz CT molecular complexity index is 529. The lowest BCUT2D eigenvalue weighted by molar-refractivity contribution is -0.162. The van der Waals surface area contributed by atoms with Crippen molar-refractivity contribution in [3.8, 4) is 5.88 Å². The van der Waals surface area contributed by atoms with Crippen LogP contribution in [0.4, 0.5) is 0 Å². The van der Waals surface area contributed by atoms with Crippen molar-refractivity contribution in [2.24, 2.45) is 5.41 Å². The van der Waals surface area contributed by atoms with Crippen LogP contribution in [-0.4, -0.2) is 30.5 Å². The number of ether oxygens (including phenoxy) is 2. The molecule has 0 N–H and O–H groups in total. The molecule has 0 radical (unpaired) electrons. The van der Waals surface area contributed by atoms with E-state index in [0.29, 0.717) is 25.1 Å². The van der Waals surface area contributed by atoms with Gasteiger partial charge in [-0.05, 0) is 25.8 Å². The highest BCUT2D eigenvalue weighted by Gasteiger charge is 2.48. The number of carbonyl (C=O) groups excluding carboxylic acids is 2. The van der Waals surface area contributed by atoms with Gasteiger partial charge in [-0.2, -0.15) is 0 Å². The molecule has 5 heteroatoms. The minimum Gasteiger partial charge on any atom is -0.481 e. The SMILES string of the molecule is CCOC(=O)C1(Cc2cccnc2OC)CCCCC1=O. The average molecular weight is 291 g/mol. The van der Waals surface area contributed by atoms with Gasteiger partial charge in [-0.25, -0.2) is 4.98 Å². The summed E-state index contributed by atoms with van der Waals surface area (Å²) >= 11 is 0. The predicted molar refractivity (Wildman–Crippen MR) is 77.0 cm³/mol. The van der Waals surface area contributed by atoms with E-state index in [4.69, 9.17) is 9.47 Å². The molecule has 1 fully saturated rings. The number of nitrogens with zero attached hydrogens (tertiary/aromatic N) is 1. The second-order valence-corrected chi connectivity index (χ2v) is 5.28. The number of hydrogen-bond donors (Lipinski definition) is 0. The fourth-order valence-electron chi connectivity index (χ4n) is 2.90. The molecular weight excluding hydrogens is 270 g/mol. The smallest absolute Gasteiger partial charge is 0.319 e. The molecular formula is C16H21NO4. The van der Waals surface area contributed by atoms with E-state index in [1.165, 1.54) is 7.11 Å². The van der Waals surface area contributed by atoms with E-state index >= 15 is 0 Å². The molecule has 0 bridgehead atoms. The fourth-order valence-corrected chi connectivity index (χ4v) is 2.90. The maximum Gasteiger partial charge on any atom is 0.319 e. The molecule has 1 saturated carbocycles. The Kier molecular flexibility index (Phi) is 4.94. The molecule has 1 aromatic heterocycles. The first kappa shape index (κ1) is 15.5. The van der Waals surface area contributed by atoms with Gasteiger partial charge in [0.25, 0.3) is 0 Å². The summed E-state index contributed by atoms with van der Waals surface area (Å²) in [5.74, 6) is 0.0123. The van der Waals surface area contributed by atoms with Crippen LogP contribution in [0.15, 0.2) is 18.3 Å². The number of Topliss-reactive ketones (excluding diaryl/α,β-unsaturated/α-hetero) is 1. The van der Waals surface area contributed by atoms with Gasteiger partial charge in [0.15, 0.2) is 5.78 Å². The summed E-state index contributed by atoms with van der Waals surface area (Å²) in [4.78, 5) is 29.0. The van der Waals surface area contributed by atoms with Gasteiger partial charge >= 0.3 is 5.97 Å². The molecule has 0 amide bonds. The molecule has 1 unspecified atom stereocenters. The van der Waals surface area contributed by atoms with Crippen molar-refractivity contribution >= 4 is 11.8 Å². The van der Waals surface area contributed by atoms with Crippen LogP contribution in [0, 0.1) is 5.41 Å². The van der Waals surface area contributed by atoms with Crippen LogP contribution in [0.5, 0.6) is 5.88 Å². The normalized spacial score (nSPS) is 21.9. The lowest BCUT2D eigenvalue weighted by atomic mass is 9.69. The van der Waals surface area contributed by atoms with Gasteiger partial charge in [0, 0.05) is 24.6 Å². The monoisotopic (exact) mass is 291 g/mol. The number of carbonyl (C=O) groups is 2. The predicted octanol–water partition coefficient (Wildman–Crippen LogP) is 2.33. The summed E-state index contributed by atoms with van der Waals surface area (Å²) in [6.07, 6.45) is 4.57. The molecule has 1 aliphatic rings. The second kappa shape index (κ2) is 6.70. The van der Waals surface area contributed by atoms with Crippen LogP contribution in [0.25, 0.3) is 0 Å². The molecule has 21 heavy (non-hydrogen) atoms. The molecule has 0 saturated heterocycles. The summed E-state index contributed by atoms with van der Waals surface area (Å²) in [7, 11) is 1.53. The summed E-state index contributed by atoms with van der Waals surface area (Å²) < 4.78 is 10.4. The molecule has 0 aliphatic heterocycles. The first-order valence-corrected chi connectivity index (χ1v) is 7.32. The van der Waals surface area contributed by atoms with Gasteiger partial charge in [0.05, 0.1) is 13.7 Å². The van der Waals surface area contributed by atoms with Crippen molar-refractivity contribution in [3.63, 3.8) is 0 Å². The molecule has 1 heterocycles. The Balaban J connectivity index is 2.36. The molecule has 1 atom stereocenters. The van der Waals surface area contributed by atoms with Crippen molar-refractivity contribution in [3.05, 3.63) is 23.9 Å². The van der Waals surface area contributed by atoms with Gasteiger partial charge in [0.2, 0.25) is 5.88 Å². The number of ketones is 1. The first-order chi connectivity index (χ1) is 10.1. The van der Waals surface area contributed by atoms with E-state index in [1.54, 1.807) is 19.2 Å². The minimum absolute atomic E-state index is 0.0295. The standard InChI is InChI=1S/C16H21NO4/c1-3-21-15(19)16(9-5-4-8-13(16)18)11-12-7-6-10-17-14(12)20-2/h6-7,10H,3-5,8-9,11H2,1-2H3. The van der Waals surface area contributed by atoms with Crippen LogP contribution in [-0.2, 0) is 20.7 Å². The van der Waals surface area contributed by atoms with Gasteiger partial charge in [0.1, 0.15) is 5.41 Å². The Morgan fingerprint density at radius 2 is 2.24 bits per heavy atom. The highest BCUT2D eigenvalue weighted by molar-refractivity contribution is 6.04. The quantitative estimate of drug-likeness (QED) is 0.615. The highest BCUT2D eigenvalue weighted by Crippen LogP contribution is 2.39. The van der Waals surface area contributed by atoms with Crippen LogP contribution in [0.2, 0.25) is 0 Å².